The lowest BCUT2D eigenvalue weighted by Gasteiger charge is -2.33. The first-order chi connectivity index (χ1) is 19.7. The summed E-state index contributed by atoms with van der Waals surface area (Å²) in [5, 5.41) is 12.4. The zero-order valence-electron chi connectivity index (χ0n) is 26.0. The van der Waals surface area contributed by atoms with Gasteiger partial charge in [0.15, 0.2) is 0 Å². The highest BCUT2D eigenvalue weighted by atomic mass is 16.5. The van der Waals surface area contributed by atoms with Crippen LogP contribution in [-0.2, 0) is 16.1 Å². The zero-order chi connectivity index (χ0) is 29.8. The van der Waals surface area contributed by atoms with Crippen molar-refractivity contribution in [2.75, 3.05) is 20.3 Å². The van der Waals surface area contributed by atoms with Gasteiger partial charge in [0.25, 0.3) is 5.91 Å². The molecule has 2 N–H and O–H groups in total. The summed E-state index contributed by atoms with van der Waals surface area (Å²) in [5.74, 6) is 0.0323. The average Bonchev–Trinajstić information content (AvgIpc) is 2.95. The molecule has 226 valence electrons. The van der Waals surface area contributed by atoms with E-state index in [0.717, 1.165) is 60.8 Å². The number of aliphatic carboxylic acids is 1. The molecule has 1 aliphatic carbocycles. The van der Waals surface area contributed by atoms with Crippen LogP contribution < -0.4 is 5.32 Å². The van der Waals surface area contributed by atoms with E-state index in [0.29, 0.717) is 30.4 Å². The molecule has 1 fully saturated rings. The van der Waals surface area contributed by atoms with Crippen LogP contribution in [0.5, 0.6) is 0 Å². The zero-order valence-corrected chi connectivity index (χ0v) is 26.0. The Bertz CT molecular complexity index is 1110. The highest BCUT2D eigenvalue weighted by Crippen LogP contribution is 2.31. The Labute approximate surface area is 247 Å². The standard InChI is InChI=1S/C35H52N2O4/c1-6-12-33(35(39)40)36-34(38)31-18-17-28(22-32(31)30-16-11-10-13-26(30)4)23-37(5)29(24-41-20-19-25(2)3)21-27-14-8-7-9-15-27/h10-11,13,16-18,22,25,27,29,33H,6-9,12,14-15,19-21,23-24H2,1-5H3,(H,36,38)(H,39,40)/t29-,33+/m1/s1. The minimum absolute atomic E-state index is 0.334. The largest absolute Gasteiger partial charge is 0.480 e. The van der Waals surface area contributed by atoms with Gasteiger partial charge in [0, 0.05) is 24.8 Å². The molecule has 2 atom stereocenters. The number of hydrogen-bond acceptors (Lipinski definition) is 4. The van der Waals surface area contributed by atoms with Gasteiger partial charge < -0.3 is 15.2 Å². The van der Waals surface area contributed by atoms with Gasteiger partial charge in [-0.25, -0.2) is 4.79 Å². The first-order valence-electron chi connectivity index (χ1n) is 15.7. The smallest absolute Gasteiger partial charge is 0.326 e. The molecule has 3 rings (SSSR count). The third kappa shape index (κ3) is 10.3. The molecule has 2 aromatic rings. The van der Waals surface area contributed by atoms with Crippen LogP contribution in [0.1, 0.15) is 100 Å². The molecule has 0 spiro atoms. The Morgan fingerprint density at radius 3 is 2.44 bits per heavy atom. The molecule has 0 bridgehead atoms. The van der Waals surface area contributed by atoms with Gasteiger partial charge in [-0.15, -0.1) is 0 Å². The predicted molar refractivity (Wildman–Crippen MR) is 167 cm³/mol. The number of carbonyl (C=O) groups excluding carboxylic acids is 1. The van der Waals surface area contributed by atoms with E-state index in [2.05, 4.69) is 37.2 Å². The van der Waals surface area contributed by atoms with E-state index in [1.165, 1.54) is 32.1 Å². The summed E-state index contributed by atoms with van der Waals surface area (Å²) in [6.07, 6.45) is 9.94. The fourth-order valence-corrected chi connectivity index (χ4v) is 5.91. The summed E-state index contributed by atoms with van der Waals surface area (Å²) in [6.45, 7) is 10.7. The monoisotopic (exact) mass is 564 g/mol. The van der Waals surface area contributed by atoms with Gasteiger partial charge in [-0.05, 0) is 79.5 Å². The van der Waals surface area contributed by atoms with Crippen LogP contribution in [0.2, 0.25) is 0 Å². The van der Waals surface area contributed by atoms with E-state index in [9.17, 15) is 14.7 Å². The molecular weight excluding hydrogens is 512 g/mol. The van der Waals surface area contributed by atoms with Crippen molar-refractivity contribution in [3.05, 3.63) is 59.2 Å². The Morgan fingerprint density at radius 1 is 1.05 bits per heavy atom. The maximum Gasteiger partial charge on any atom is 0.326 e. The molecule has 6 heteroatoms. The number of carbonyl (C=O) groups is 2. The van der Waals surface area contributed by atoms with Crippen molar-refractivity contribution >= 4 is 11.9 Å². The molecule has 2 aromatic carbocycles. The van der Waals surface area contributed by atoms with Gasteiger partial charge >= 0.3 is 5.97 Å². The molecular formula is C35H52N2O4. The molecule has 1 aliphatic rings. The van der Waals surface area contributed by atoms with Crippen LogP contribution in [0.3, 0.4) is 0 Å². The molecule has 0 aliphatic heterocycles. The Kier molecular flexibility index (Phi) is 13.3. The third-order valence-corrected chi connectivity index (χ3v) is 8.48. The van der Waals surface area contributed by atoms with Crippen LogP contribution in [0.4, 0.5) is 0 Å². The number of ether oxygens (including phenoxy) is 1. The maximum atomic E-state index is 13.4. The van der Waals surface area contributed by atoms with Crippen molar-refractivity contribution < 1.29 is 19.4 Å². The SMILES string of the molecule is CCC[C@H](NC(=O)c1ccc(CN(C)[C@@H](COCCC(C)C)CC2CCCCC2)cc1-c1ccccc1C)C(=O)O. The number of nitrogens with one attached hydrogen (secondary N) is 1. The lowest BCUT2D eigenvalue weighted by Crippen LogP contribution is -2.40. The maximum absolute atomic E-state index is 13.4. The normalized spacial score (nSPS) is 15.7. The van der Waals surface area contributed by atoms with E-state index in [4.69, 9.17) is 4.74 Å². The van der Waals surface area contributed by atoms with E-state index < -0.39 is 12.0 Å². The van der Waals surface area contributed by atoms with Gasteiger partial charge in [-0.3, -0.25) is 9.69 Å². The molecule has 1 amide bonds. The van der Waals surface area contributed by atoms with Crippen molar-refractivity contribution in [2.45, 2.75) is 104 Å². The number of amides is 1. The van der Waals surface area contributed by atoms with Crippen molar-refractivity contribution in [1.82, 2.24) is 10.2 Å². The molecule has 0 heterocycles. The fourth-order valence-electron chi connectivity index (χ4n) is 5.91. The van der Waals surface area contributed by atoms with E-state index in [-0.39, 0.29) is 5.91 Å². The van der Waals surface area contributed by atoms with E-state index in [1.807, 2.05) is 50.2 Å². The summed E-state index contributed by atoms with van der Waals surface area (Å²) in [6, 6.07) is 13.5. The summed E-state index contributed by atoms with van der Waals surface area (Å²) >= 11 is 0. The van der Waals surface area contributed by atoms with E-state index in [1.54, 1.807) is 0 Å². The second kappa shape index (κ2) is 16.7. The molecule has 6 nitrogen and oxygen atoms in total. The van der Waals surface area contributed by atoms with Crippen LogP contribution in [0, 0.1) is 18.8 Å². The third-order valence-electron chi connectivity index (χ3n) is 8.48. The quantitative estimate of drug-likeness (QED) is 0.207. The van der Waals surface area contributed by atoms with Gasteiger partial charge in [0.05, 0.1) is 6.61 Å². The lowest BCUT2D eigenvalue weighted by atomic mass is 9.84. The van der Waals surface area contributed by atoms with Crippen molar-refractivity contribution in [2.24, 2.45) is 11.8 Å². The molecule has 0 saturated heterocycles. The van der Waals surface area contributed by atoms with Crippen molar-refractivity contribution in [1.29, 1.82) is 0 Å². The number of benzene rings is 2. The van der Waals surface area contributed by atoms with Crippen LogP contribution >= 0.6 is 0 Å². The number of carboxylic acids is 1. The van der Waals surface area contributed by atoms with Gasteiger partial charge in [-0.1, -0.05) is 89.6 Å². The number of carboxylic acid groups (broad SMARTS) is 1. The molecule has 0 unspecified atom stereocenters. The minimum atomic E-state index is -1.00. The number of likely N-dealkylation sites (N-methyl/N-ethyl adjacent to an activating group) is 1. The predicted octanol–water partition coefficient (Wildman–Crippen LogP) is 7.48. The van der Waals surface area contributed by atoms with Crippen molar-refractivity contribution in [3.8, 4) is 11.1 Å². The summed E-state index contributed by atoms with van der Waals surface area (Å²) < 4.78 is 6.20. The number of nitrogens with zero attached hydrogens (tertiary/aromatic N) is 1. The fraction of sp³-hybridized carbons (Fsp3) is 0.600. The van der Waals surface area contributed by atoms with Gasteiger partial charge in [-0.2, -0.15) is 0 Å². The molecule has 0 aromatic heterocycles. The van der Waals surface area contributed by atoms with E-state index >= 15 is 0 Å². The van der Waals surface area contributed by atoms with Crippen LogP contribution in [-0.4, -0.2) is 54.2 Å². The number of rotatable bonds is 16. The van der Waals surface area contributed by atoms with Gasteiger partial charge in [0.2, 0.25) is 0 Å². The molecule has 1 saturated carbocycles. The second-order valence-corrected chi connectivity index (χ2v) is 12.4. The van der Waals surface area contributed by atoms with Crippen molar-refractivity contribution in [3.63, 3.8) is 0 Å². The highest BCUT2D eigenvalue weighted by molar-refractivity contribution is 6.02. The second-order valence-electron chi connectivity index (χ2n) is 12.4. The number of aryl methyl sites for hydroxylation is 1. The Morgan fingerprint density at radius 2 is 1.78 bits per heavy atom. The van der Waals surface area contributed by atoms with Crippen LogP contribution in [0.15, 0.2) is 42.5 Å². The highest BCUT2D eigenvalue weighted by Gasteiger charge is 2.25. The van der Waals surface area contributed by atoms with Gasteiger partial charge in [0.1, 0.15) is 6.04 Å². The van der Waals surface area contributed by atoms with Crippen LogP contribution in [0.25, 0.3) is 11.1 Å². The average molecular weight is 565 g/mol. The summed E-state index contributed by atoms with van der Waals surface area (Å²) in [7, 11) is 2.19. The lowest BCUT2D eigenvalue weighted by molar-refractivity contribution is -0.139. The Hall–Kier alpha value is -2.70. The Balaban J connectivity index is 1.85. The molecule has 0 radical (unpaired) electrons. The first kappa shape index (κ1) is 32.8. The first-order valence-corrected chi connectivity index (χ1v) is 15.7. The molecule has 41 heavy (non-hydrogen) atoms. The summed E-state index contributed by atoms with van der Waals surface area (Å²) in [4.78, 5) is 27.6. The minimum Gasteiger partial charge on any atom is -0.480 e. The summed E-state index contributed by atoms with van der Waals surface area (Å²) in [5.41, 5.74) is 4.53. The number of hydrogen-bond donors (Lipinski definition) is 2. The topological polar surface area (TPSA) is 78.9 Å².